The number of carbonyl (C=O) groups is 1. The van der Waals surface area contributed by atoms with Gasteiger partial charge in [-0.1, -0.05) is 11.6 Å². The summed E-state index contributed by atoms with van der Waals surface area (Å²) in [6.07, 6.45) is 1.56. The van der Waals surface area contributed by atoms with E-state index in [1.54, 1.807) is 23.6 Å². The van der Waals surface area contributed by atoms with Gasteiger partial charge in [0.2, 0.25) is 0 Å². The van der Waals surface area contributed by atoms with Gasteiger partial charge in [-0.2, -0.15) is 0 Å². The van der Waals surface area contributed by atoms with E-state index in [0.29, 0.717) is 12.1 Å². The first kappa shape index (κ1) is 14.5. The Bertz CT molecular complexity index is 608. The van der Waals surface area contributed by atoms with E-state index < -0.39 is 0 Å². The smallest absolute Gasteiger partial charge is 0.254 e. The lowest BCUT2D eigenvalue weighted by molar-refractivity contribution is 0.0951. The van der Waals surface area contributed by atoms with Gasteiger partial charge >= 0.3 is 0 Å². The SMILES string of the molecule is Cc1cc(CNC(=O)c2cc(Br)cnc2Cl)sc1C. The van der Waals surface area contributed by atoms with E-state index in [9.17, 15) is 4.79 Å². The molecule has 0 aliphatic heterocycles. The second kappa shape index (κ2) is 6.03. The Morgan fingerprint density at radius 1 is 1.47 bits per heavy atom. The minimum atomic E-state index is -0.220. The third-order valence-corrected chi connectivity index (χ3v) is 4.58. The third kappa shape index (κ3) is 3.55. The number of aryl methyl sites for hydroxylation is 2. The first-order valence-electron chi connectivity index (χ1n) is 5.62. The Hall–Kier alpha value is -0.910. The van der Waals surface area contributed by atoms with E-state index in [1.165, 1.54) is 10.4 Å². The number of hydrogen-bond acceptors (Lipinski definition) is 3. The first-order valence-corrected chi connectivity index (χ1v) is 7.61. The second-order valence-electron chi connectivity index (χ2n) is 4.13. The van der Waals surface area contributed by atoms with Crippen molar-refractivity contribution in [2.24, 2.45) is 0 Å². The number of pyridine rings is 1. The quantitative estimate of drug-likeness (QED) is 0.838. The molecule has 0 atom stereocenters. The predicted molar refractivity (Wildman–Crippen MR) is 81.9 cm³/mol. The molecule has 0 saturated carbocycles. The van der Waals surface area contributed by atoms with Crippen molar-refractivity contribution >= 4 is 44.8 Å². The Kier molecular flexibility index (Phi) is 4.60. The Morgan fingerprint density at radius 3 is 2.84 bits per heavy atom. The van der Waals surface area contributed by atoms with Crippen LogP contribution >= 0.6 is 38.9 Å². The highest BCUT2D eigenvalue weighted by Crippen LogP contribution is 2.21. The van der Waals surface area contributed by atoms with Crippen molar-refractivity contribution in [3.05, 3.63) is 48.8 Å². The average molecular weight is 360 g/mol. The van der Waals surface area contributed by atoms with Crippen molar-refractivity contribution in [3.8, 4) is 0 Å². The molecule has 0 aromatic carbocycles. The van der Waals surface area contributed by atoms with Gasteiger partial charge in [-0.3, -0.25) is 4.79 Å². The summed E-state index contributed by atoms with van der Waals surface area (Å²) in [6, 6.07) is 3.75. The summed E-state index contributed by atoms with van der Waals surface area (Å²) in [5, 5.41) is 3.06. The van der Waals surface area contributed by atoms with Crippen molar-refractivity contribution in [1.82, 2.24) is 10.3 Å². The van der Waals surface area contributed by atoms with E-state index in [2.05, 4.69) is 46.1 Å². The highest BCUT2D eigenvalue weighted by atomic mass is 79.9. The highest BCUT2D eigenvalue weighted by Gasteiger charge is 2.12. The van der Waals surface area contributed by atoms with Crippen LogP contribution in [0.1, 0.15) is 25.7 Å². The van der Waals surface area contributed by atoms with Gasteiger partial charge in [-0.15, -0.1) is 11.3 Å². The summed E-state index contributed by atoms with van der Waals surface area (Å²) in [5.74, 6) is -0.220. The molecule has 0 spiro atoms. The van der Waals surface area contributed by atoms with Crippen LogP contribution in [0.2, 0.25) is 5.15 Å². The molecule has 2 rings (SSSR count). The van der Waals surface area contributed by atoms with Gasteiger partial charge in [0, 0.05) is 20.4 Å². The van der Waals surface area contributed by atoms with E-state index in [4.69, 9.17) is 11.6 Å². The number of amides is 1. The predicted octanol–water partition coefficient (Wildman–Crippen LogP) is 4.11. The molecule has 2 aromatic heterocycles. The maximum Gasteiger partial charge on any atom is 0.254 e. The summed E-state index contributed by atoms with van der Waals surface area (Å²) < 4.78 is 0.727. The molecular weight excluding hydrogens is 348 g/mol. The fraction of sp³-hybridized carbons (Fsp3) is 0.231. The van der Waals surface area contributed by atoms with E-state index in [0.717, 1.165) is 9.35 Å². The van der Waals surface area contributed by atoms with Crippen molar-refractivity contribution < 1.29 is 4.79 Å². The highest BCUT2D eigenvalue weighted by molar-refractivity contribution is 9.10. The first-order chi connectivity index (χ1) is 8.97. The number of nitrogens with one attached hydrogen (secondary N) is 1. The van der Waals surface area contributed by atoms with Gasteiger partial charge in [0.15, 0.2) is 0 Å². The summed E-state index contributed by atoms with van der Waals surface area (Å²) in [4.78, 5) is 18.4. The van der Waals surface area contributed by atoms with Crippen LogP contribution in [0.3, 0.4) is 0 Å². The number of carbonyl (C=O) groups excluding carboxylic acids is 1. The minimum absolute atomic E-state index is 0.208. The van der Waals surface area contributed by atoms with Crippen LogP contribution in [0.15, 0.2) is 22.8 Å². The molecule has 0 saturated heterocycles. The third-order valence-electron chi connectivity index (χ3n) is 2.69. The number of nitrogens with zero attached hydrogens (tertiary/aromatic N) is 1. The van der Waals surface area contributed by atoms with Crippen LogP contribution in [0.5, 0.6) is 0 Å². The molecule has 0 aliphatic carbocycles. The maximum absolute atomic E-state index is 12.0. The zero-order valence-electron chi connectivity index (χ0n) is 10.5. The lowest BCUT2D eigenvalue weighted by atomic mass is 10.2. The fourth-order valence-electron chi connectivity index (χ4n) is 1.58. The second-order valence-corrected chi connectivity index (χ2v) is 6.74. The van der Waals surface area contributed by atoms with Gasteiger partial charge in [0.05, 0.1) is 12.1 Å². The Labute approximate surface area is 129 Å². The lowest BCUT2D eigenvalue weighted by Gasteiger charge is -2.05. The van der Waals surface area contributed by atoms with Gasteiger partial charge in [0.1, 0.15) is 5.15 Å². The number of halogens is 2. The Balaban J connectivity index is 2.07. The Morgan fingerprint density at radius 2 is 2.21 bits per heavy atom. The van der Waals surface area contributed by atoms with Crippen LogP contribution in [-0.4, -0.2) is 10.9 Å². The van der Waals surface area contributed by atoms with Gasteiger partial charge in [-0.25, -0.2) is 4.98 Å². The number of hydrogen-bond donors (Lipinski definition) is 1. The summed E-state index contributed by atoms with van der Waals surface area (Å²) >= 11 is 10.9. The van der Waals surface area contributed by atoms with Crippen molar-refractivity contribution in [3.63, 3.8) is 0 Å². The molecule has 100 valence electrons. The van der Waals surface area contributed by atoms with Crippen molar-refractivity contribution in [2.45, 2.75) is 20.4 Å². The molecular formula is C13H12BrClN2OS. The van der Waals surface area contributed by atoms with Gasteiger partial charge in [0.25, 0.3) is 5.91 Å². The van der Waals surface area contributed by atoms with E-state index in [1.807, 2.05) is 0 Å². The zero-order chi connectivity index (χ0) is 14.0. The average Bonchev–Trinajstić information content (AvgIpc) is 2.69. The number of rotatable bonds is 3. The molecule has 0 aliphatic rings. The van der Waals surface area contributed by atoms with Gasteiger partial charge in [-0.05, 0) is 47.5 Å². The normalized spacial score (nSPS) is 10.5. The molecule has 6 heteroatoms. The standard InChI is InChI=1S/C13H12BrClN2OS/c1-7-3-10(19-8(7)2)6-17-13(18)11-4-9(14)5-16-12(11)15/h3-5H,6H2,1-2H3,(H,17,18). The molecule has 1 N–H and O–H groups in total. The largest absolute Gasteiger partial charge is 0.347 e. The number of aromatic nitrogens is 1. The molecule has 0 bridgehead atoms. The van der Waals surface area contributed by atoms with Crippen LogP contribution < -0.4 is 5.32 Å². The summed E-state index contributed by atoms with van der Waals surface area (Å²) in [6.45, 7) is 4.63. The van der Waals surface area contributed by atoms with Crippen LogP contribution in [-0.2, 0) is 6.54 Å². The molecule has 1 amide bonds. The zero-order valence-corrected chi connectivity index (χ0v) is 13.6. The molecule has 3 nitrogen and oxygen atoms in total. The van der Waals surface area contributed by atoms with Gasteiger partial charge < -0.3 is 5.32 Å². The van der Waals surface area contributed by atoms with Crippen LogP contribution in [0.25, 0.3) is 0 Å². The number of thiophene rings is 1. The fourth-order valence-corrected chi connectivity index (χ4v) is 3.09. The molecule has 0 unspecified atom stereocenters. The van der Waals surface area contributed by atoms with E-state index in [-0.39, 0.29) is 11.1 Å². The van der Waals surface area contributed by atoms with Crippen molar-refractivity contribution in [1.29, 1.82) is 0 Å². The van der Waals surface area contributed by atoms with Crippen molar-refractivity contribution in [2.75, 3.05) is 0 Å². The topological polar surface area (TPSA) is 42.0 Å². The van der Waals surface area contributed by atoms with Crippen LogP contribution in [0.4, 0.5) is 0 Å². The molecule has 0 radical (unpaired) electrons. The monoisotopic (exact) mass is 358 g/mol. The lowest BCUT2D eigenvalue weighted by Crippen LogP contribution is -2.22. The van der Waals surface area contributed by atoms with E-state index >= 15 is 0 Å². The van der Waals surface area contributed by atoms with Crippen LogP contribution in [0, 0.1) is 13.8 Å². The summed E-state index contributed by atoms with van der Waals surface area (Å²) in [5.41, 5.74) is 1.62. The molecule has 0 fully saturated rings. The minimum Gasteiger partial charge on any atom is -0.347 e. The molecule has 2 aromatic rings. The molecule has 19 heavy (non-hydrogen) atoms. The maximum atomic E-state index is 12.0. The summed E-state index contributed by atoms with van der Waals surface area (Å²) in [7, 11) is 0. The molecule has 2 heterocycles.